The van der Waals surface area contributed by atoms with Gasteiger partial charge < -0.3 is 10.2 Å². The standard InChI is InChI=1S/C14H16Cl2N2O.ClH/c15-11-5-10(6-12(16)7-11)14(19)17-13-8-18-3-1-9(13)2-4-18;/h5-7,9,13H,1-4,8H2,(H,17,19);1H/t13-;/m1./s1. The lowest BCUT2D eigenvalue weighted by molar-refractivity contribution is 0.0620. The molecule has 1 aromatic carbocycles. The molecule has 1 amide bonds. The number of rotatable bonds is 2. The van der Waals surface area contributed by atoms with Crippen molar-refractivity contribution < 1.29 is 4.79 Å². The highest BCUT2D eigenvalue weighted by molar-refractivity contribution is 6.35. The van der Waals surface area contributed by atoms with E-state index in [1.165, 1.54) is 25.9 Å². The minimum Gasteiger partial charge on any atom is -0.348 e. The molecule has 1 atom stereocenters. The van der Waals surface area contributed by atoms with Gasteiger partial charge in [0.2, 0.25) is 0 Å². The number of halogens is 3. The molecule has 3 saturated heterocycles. The Labute approximate surface area is 135 Å². The minimum atomic E-state index is -0.0804. The Morgan fingerprint density at radius 1 is 1.15 bits per heavy atom. The summed E-state index contributed by atoms with van der Waals surface area (Å²) >= 11 is 11.9. The minimum absolute atomic E-state index is 0. The lowest BCUT2D eigenvalue weighted by Crippen LogP contribution is -2.57. The van der Waals surface area contributed by atoms with Crippen LogP contribution in [0, 0.1) is 5.92 Å². The number of carbonyl (C=O) groups excluding carboxylic acids is 1. The summed E-state index contributed by atoms with van der Waals surface area (Å²) in [6.07, 6.45) is 2.36. The number of fused-ring (bicyclic) bond motifs is 3. The zero-order valence-electron chi connectivity index (χ0n) is 10.9. The van der Waals surface area contributed by atoms with Crippen LogP contribution in [0.25, 0.3) is 0 Å². The van der Waals surface area contributed by atoms with Crippen LogP contribution in [0.15, 0.2) is 18.2 Å². The number of hydrogen-bond acceptors (Lipinski definition) is 2. The van der Waals surface area contributed by atoms with Crippen LogP contribution in [-0.2, 0) is 0 Å². The maximum Gasteiger partial charge on any atom is 0.251 e. The Morgan fingerprint density at radius 3 is 2.25 bits per heavy atom. The quantitative estimate of drug-likeness (QED) is 0.900. The van der Waals surface area contributed by atoms with E-state index in [9.17, 15) is 4.79 Å². The van der Waals surface area contributed by atoms with Crippen LogP contribution in [-0.4, -0.2) is 36.5 Å². The molecule has 4 rings (SSSR count). The van der Waals surface area contributed by atoms with Crippen LogP contribution in [0.4, 0.5) is 0 Å². The molecule has 0 radical (unpaired) electrons. The van der Waals surface area contributed by atoms with Crippen molar-refractivity contribution >= 4 is 41.5 Å². The van der Waals surface area contributed by atoms with Crippen LogP contribution in [0.1, 0.15) is 23.2 Å². The highest BCUT2D eigenvalue weighted by Gasteiger charge is 2.34. The molecule has 3 aliphatic heterocycles. The molecule has 0 aliphatic carbocycles. The first-order valence-corrected chi connectivity index (χ1v) is 7.37. The number of nitrogens with one attached hydrogen (secondary N) is 1. The Morgan fingerprint density at radius 2 is 1.75 bits per heavy atom. The number of amides is 1. The molecule has 3 aliphatic rings. The van der Waals surface area contributed by atoms with Crippen LogP contribution in [0.5, 0.6) is 0 Å². The summed E-state index contributed by atoms with van der Waals surface area (Å²) in [7, 11) is 0. The molecule has 2 bridgehead atoms. The van der Waals surface area contributed by atoms with Gasteiger partial charge in [-0.1, -0.05) is 23.2 Å². The molecule has 0 unspecified atom stereocenters. The fourth-order valence-electron chi connectivity index (χ4n) is 3.07. The Hall–Kier alpha value is -0.480. The predicted molar refractivity (Wildman–Crippen MR) is 84.1 cm³/mol. The summed E-state index contributed by atoms with van der Waals surface area (Å²) < 4.78 is 0. The van der Waals surface area contributed by atoms with Crippen LogP contribution >= 0.6 is 35.6 Å². The zero-order valence-corrected chi connectivity index (χ0v) is 13.3. The number of carbonyl (C=O) groups is 1. The van der Waals surface area contributed by atoms with Gasteiger partial charge in [-0.25, -0.2) is 0 Å². The van der Waals surface area contributed by atoms with Crippen molar-refractivity contribution in [2.75, 3.05) is 19.6 Å². The van der Waals surface area contributed by atoms with Crippen LogP contribution in [0.2, 0.25) is 10.0 Å². The third-order valence-corrected chi connectivity index (χ3v) is 4.53. The summed E-state index contributed by atoms with van der Waals surface area (Å²) in [5, 5.41) is 4.11. The molecule has 1 aromatic rings. The molecule has 3 heterocycles. The largest absolute Gasteiger partial charge is 0.348 e. The molecular formula is C14H17Cl3N2O. The molecular weight excluding hydrogens is 319 g/mol. The summed E-state index contributed by atoms with van der Waals surface area (Å²) in [6.45, 7) is 3.30. The number of piperidine rings is 3. The van der Waals surface area contributed by atoms with Crippen LogP contribution < -0.4 is 5.32 Å². The Balaban J connectivity index is 0.00000147. The third kappa shape index (κ3) is 3.40. The van der Waals surface area contributed by atoms with Crippen LogP contribution in [0.3, 0.4) is 0 Å². The van der Waals surface area contributed by atoms with Crippen molar-refractivity contribution in [3.63, 3.8) is 0 Å². The van der Waals surface area contributed by atoms with Crippen molar-refractivity contribution in [3.8, 4) is 0 Å². The lowest BCUT2D eigenvalue weighted by atomic mass is 9.84. The van der Waals surface area contributed by atoms with E-state index in [0.29, 0.717) is 21.5 Å². The number of benzene rings is 1. The highest BCUT2D eigenvalue weighted by atomic mass is 35.5. The summed E-state index contributed by atoms with van der Waals surface area (Å²) in [5.41, 5.74) is 0.536. The van der Waals surface area contributed by atoms with Crippen molar-refractivity contribution in [1.29, 1.82) is 0 Å². The highest BCUT2D eigenvalue weighted by Crippen LogP contribution is 2.28. The van der Waals surface area contributed by atoms with Gasteiger partial charge in [-0.3, -0.25) is 4.79 Å². The van der Waals surface area contributed by atoms with E-state index in [1.54, 1.807) is 18.2 Å². The van der Waals surface area contributed by atoms with Gasteiger partial charge in [0.1, 0.15) is 0 Å². The number of hydrogen-bond donors (Lipinski definition) is 1. The molecule has 20 heavy (non-hydrogen) atoms. The van der Waals surface area contributed by atoms with Crippen molar-refractivity contribution in [3.05, 3.63) is 33.8 Å². The summed E-state index contributed by atoms with van der Waals surface area (Å²) in [5.74, 6) is 0.534. The van der Waals surface area contributed by atoms with Gasteiger partial charge in [-0.15, -0.1) is 12.4 Å². The predicted octanol–water partition coefficient (Wildman–Crippen LogP) is 3.24. The van der Waals surface area contributed by atoms with E-state index >= 15 is 0 Å². The summed E-state index contributed by atoms with van der Waals surface area (Å²) in [6, 6.07) is 5.20. The van der Waals surface area contributed by atoms with E-state index in [1.807, 2.05) is 0 Å². The molecule has 0 spiro atoms. The van der Waals surface area contributed by atoms with Gasteiger partial charge in [-0.05, 0) is 50.0 Å². The summed E-state index contributed by atoms with van der Waals surface area (Å²) in [4.78, 5) is 14.7. The van der Waals surface area contributed by atoms with Gasteiger partial charge in [-0.2, -0.15) is 0 Å². The third-order valence-electron chi connectivity index (χ3n) is 4.10. The second kappa shape index (κ2) is 6.52. The topological polar surface area (TPSA) is 32.3 Å². The van der Waals surface area contributed by atoms with E-state index < -0.39 is 0 Å². The van der Waals surface area contributed by atoms with Gasteiger partial charge in [0.15, 0.2) is 0 Å². The van der Waals surface area contributed by atoms with Crippen molar-refractivity contribution in [2.45, 2.75) is 18.9 Å². The molecule has 1 N–H and O–H groups in total. The maximum atomic E-state index is 12.2. The van der Waals surface area contributed by atoms with E-state index in [2.05, 4.69) is 10.2 Å². The first-order chi connectivity index (χ1) is 9.11. The molecule has 110 valence electrons. The monoisotopic (exact) mass is 334 g/mol. The average molecular weight is 336 g/mol. The first kappa shape index (κ1) is 15.9. The lowest BCUT2D eigenvalue weighted by Gasteiger charge is -2.44. The van der Waals surface area contributed by atoms with Gasteiger partial charge in [0, 0.05) is 28.2 Å². The average Bonchev–Trinajstić information content (AvgIpc) is 2.39. The molecule has 6 heteroatoms. The number of nitrogens with zero attached hydrogens (tertiary/aromatic N) is 1. The maximum absolute atomic E-state index is 12.2. The fraction of sp³-hybridized carbons (Fsp3) is 0.500. The van der Waals surface area contributed by atoms with E-state index in [-0.39, 0.29) is 24.4 Å². The zero-order chi connectivity index (χ0) is 13.4. The normalized spacial score (nSPS) is 27.8. The Kier molecular flexibility index (Phi) is 5.19. The van der Waals surface area contributed by atoms with Crippen molar-refractivity contribution in [2.24, 2.45) is 5.92 Å². The fourth-order valence-corrected chi connectivity index (χ4v) is 3.59. The Bertz CT molecular complexity index is 481. The molecule has 0 saturated carbocycles. The van der Waals surface area contributed by atoms with E-state index in [4.69, 9.17) is 23.2 Å². The molecule has 0 aromatic heterocycles. The SMILES string of the molecule is Cl.O=C(N[C@@H]1CN2CCC1CC2)c1cc(Cl)cc(Cl)c1. The molecule has 3 fully saturated rings. The van der Waals surface area contributed by atoms with Gasteiger partial charge in [0.25, 0.3) is 5.91 Å². The second-order valence-corrected chi connectivity index (χ2v) is 6.25. The smallest absolute Gasteiger partial charge is 0.251 e. The molecule has 3 nitrogen and oxygen atoms in total. The van der Waals surface area contributed by atoms with E-state index in [0.717, 1.165) is 6.54 Å². The van der Waals surface area contributed by atoms with Gasteiger partial charge in [0.05, 0.1) is 0 Å². The van der Waals surface area contributed by atoms with Gasteiger partial charge >= 0.3 is 0 Å². The van der Waals surface area contributed by atoms with Crippen molar-refractivity contribution in [1.82, 2.24) is 10.2 Å². The first-order valence-electron chi connectivity index (χ1n) is 6.61. The second-order valence-electron chi connectivity index (χ2n) is 5.38.